The van der Waals surface area contributed by atoms with E-state index >= 15 is 0 Å². The molecule has 0 spiro atoms. The van der Waals surface area contributed by atoms with Crippen LogP contribution in [0.15, 0.2) is 47.3 Å². The highest BCUT2D eigenvalue weighted by Crippen LogP contribution is 2.21. The third-order valence-electron chi connectivity index (χ3n) is 3.78. The highest BCUT2D eigenvalue weighted by Gasteiger charge is 2.19. The Morgan fingerprint density at radius 2 is 1.79 bits per heavy atom. The van der Waals surface area contributed by atoms with E-state index in [-0.39, 0.29) is 11.1 Å². The molecule has 1 amide bonds. The van der Waals surface area contributed by atoms with Gasteiger partial charge in [-0.2, -0.15) is 0 Å². The third kappa shape index (κ3) is 2.72. The van der Waals surface area contributed by atoms with Crippen molar-refractivity contribution in [3.63, 3.8) is 0 Å². The van der Waals surface area contributed by atoms with Crippen LogP contribution in [-0.4, -0.2) is 39.7 Å². The van der Waals surface area contributed by atoms with Crippen molar-refractivity contribution in [1.82, 2.24) is 10.3 Å². The fourth-order valence-electron chi connectivity index (χ4n) is 2.56. The molecule has 4 N–H and O–H groups in total. The first-order chi connectivity index (χ1) is 11.5. The molecule has 1 atom stereocenters. The monoisotopic (exact) mass is 326 g/mol. The number of amides is 1. The number of fused-ring (bicyclic) bond motifs is 3. The molecule has 0 aliphatic rings. The zero-order valence-electron chi connectivity index (χ0n) is 12.4. The summed E-state index contributed by atoms with van der Waals surface area (Å²) in [5.41, 5.74) is 0.393. The summed E-state index contributed by atoms with van der Waals surface area (Å²) in [6.45, 7) is -0.712. The summed E-state index contributed by atoms with van der Waals surface area (Å²) in [6, 6.07) is 10.5. The number of aliphatic hydroxyl groups excluding tert-OH is 1. The molecule has 0 aliphatic carbocycles. The number of carbonyl (C=O) groups is 2. The van der Waals surface area contributed by atoms with Crippen LogP contribution in [0.2, 0.25) is 0 Å². The van der Waals surface area contributed by atoms with Gasteiger partial charge in [0.25, 0.3) is 11.5 Å². The van der Waals surface area contributed by atoms with Gasteiger partial charge in [-0.25, -0.2) is 4.79 Å². The molecule has 24 heavy (non-hydrogen) atoms. The number of aliphatic hydroxyl groups is 1. The smallest absolute Gasteiger partial charge is 0.328 e. The van der Waals surface area contributed by atoms with E-state index in [0.717, 1.165) is 10.8 Å². The number of hydrogen-bond acceptors (Lipinski definition) is 4. The van der Waals surface area contributed by atoms with E-state index in [9.17, 15) is 14.4 Å². The van der Waals surface area contributed by atoms with Crippen LogP contribution in [0, 0.1) is 0 Å². The number of aromatic nitrogens is 1. The second-order valence-corrected chi connectivity index (χ2v) is 5.31. The van der Waals surface area contributed by atoms with Gasteiger partial charge in [-0.1, -0.05) is 24.3 Å². The standard InChI is InChI=1S/C17H14N2O5/c20-8-14(17(23)24)19-15(21)9-5-6-11-10-3-1-2-4-12(10)16(22)18-13(11)7-9/h1-7,14,20H,8H2,(H,18,22)(H,19,21)(H,23,24)/t14-/m0/s1. The molecule has 1 aromatic heterocycles. The molecule has 3 aromatic rings. The molecule has 0 saturated carbocycles. The van der Waals surface area contributed by atoms with E-state index in [1.807, 2.05) is 12.1 Å². The number of hydrogen-bond donors (Lipinski definition) is 4. The number of aliphatic carboxylic acids is 1. The minimum absolute atomic E-state index is 0.188. The van der Waals surface area contributed by atoms with Crippen molar-refractivity contribution in [2.75, 3.05) is 6.61 Å². The van der Waals surface area contributed by atoms with Crippen LogP contribution in [0.3, 0.4) is 0 Å². The number of carboxylic acid groups (broad SMARTS) is 1. The Labute approximate surface area is 135 Å². The maximum atomic E-state index is 12.1. The number of pyridine rings is 1. The fourth-order valence-corrected chi connectivity index (χ4v) is 2.56. The van der Waals surface area contributed by atoms with Crippen LogP contribution in [0.25, 0.3) is 21.7 Å². The highest BCUT2D eigenvalue weighted by atomic mass is 16.4. The van der Waals surface area contributed by atoms with Crippen molar-refractivity contribution in [2.24, 2.45) is 0 Å². The Morgan fingerprint density at radius 3 is 2.46 bits per heavy atom. The SMILES string of the molecule is O=C(N[C@@H](CO)C(=O)O)c1ccc2c(c1)[nH]c(=O)c1ccccc12. The molecule has 3 rings (SSSR count). The fraction of sp³-hybridized carbons (Fsp3) is 0.118. The lowest BCUT2D eigenvalue weighted by molar-refractivity contribution is -0.140. The Kier molecular flexibility index (Phi) is 4.01. The van der Waals surface area contributed by atoms with Gasteiger partial charge in [0.05, 0.1) is 6.61 Å². The van der Waals surface area contributed by atoms with Crippen LogP contribution in [-0.2, 0) is 4.79 Å². The minimum atomic E-state index is -1.39. The number of nitrogens with one attached hydrogen (secondary N) is 2. The van der Waals surface area contributed by atoms with Crippen molar-refractivity contribution >= 4 is 33.6 Å². The van der Waals surface area contributed by atoms with E-state index in [0.29, 0.717) is 10.9 Å². The van der Waals surface area contributed by atoms with Gasteiger partial charge in [0.15, 0.2) is 6.04 Å². The van der Waals surface area contributed by atoms with Gasteiger partial charge in [0.2, 0.25) is 0 Å². The average Bonchev–Trinajstić information content (AvgIpc) is 2.59. The number of carboxylic acids is 1. The summed E-state index contributed by atoms with van der Waals surface area (Å²) in [4.78, 5) is 37.8. The molecule has 7 heteroatoms. The first kappa shape index (κ1) is 15.7. The average molecular weight is 326 g/mol. The van der Waals surface area contributed by atoms with Crippen LogP contribution >= 0.6 is 0 Å². The van der Waals surface area contributed by atoms with E-state index in [1.54, 1.807) is 24.3 Å². The number of carbonyl (C=O) groups excluding carboxylic acids is 1. The molecule has 2 aromatic carbocycles. The molecule has 1 heterocycles. The zero-order chi connectivity index (χ0) is 17.3. The van der Waals surface area contributed by atoms with Gasteiger partial charge in [0.1, 0.15) is 0 Å². The summed E-state index contributed by atoms with van der Waals surface area (Å²) in [6.07, 6.45) is 0. The predicted molar refractivity (Wildman–Crippen MR) is 88.1 cm³/mol. The normalized spacial score (nSPS) is 12.2. The first-order valence-electron chi connectivity index (χ1n) is 7.20. The van der Waals surface area contributed by atoms with Crippen molar-refractivity contribution in [1.29, 1.82) is 0 Å². The largest absolute Gasteiger partial charge is 0.480 e. The minimum Gasteiger partial charge on any atom is -0.480 e. The molecule has 0 saturated heterocycles. The second-order valence-electron chi connectivity index (χ2n) is 5.31. The number of benzene rings is 2. The molecule has 7 nitrogen and oxygen atoms in total. The van der Waals surface area contributed by atoms with E-state index in [1.165, 1.54) is 6.07 Å². The van der Waals surface area contributed by atoms with Crippen LogP contribution in [0.5, 0.6) is 0 Å². The van der Waals surface area contributed by atoms with Gasteiger partial charge in [-0.3, -0.25) is 9.59 Å². The van der Waals surface area contributed by atoms with Crippen LogP contribution in [0.1, 0.15) is 10.4 Å². The van der Waals surface area contributed by atoms with Crippen molar-refractivity contribution in [3.8, 4) is 0 Å². The van der Waals surface area contributed by atoms with E-state index in [2.05, 4.69) is 10.3 Å². The van der Waals surface area contributed by atoms with Crippen LogP contribution in [0.4, 0.5) is 0 Å². The maximum Gasteiger partial charge on any atom is 0.328 e. The Hall–Kier alpha value is -3.19. The van der Waals surface area contributed by atoms with Crippen molar-refractivity contribution in [3.05, 3.63) is 58.4 Å². The first-order valence-corrected chi connectivity index (χ1v) is 7.20. The quantitative estimate of drug-likeness (QED) is 0.530. The summed E-state index contributed by atoms with van der Waals surface area (Å²) >= 11 is 0. The number of rotatable bonds is 4. The maximum absolute atomic E-state index is 12.1. The molecule has 0 radical (unpaired) electrons. The number of aromatic amines is 1. The van der Waals surface area contributed by atoms with E-state index in [4.69, 9.17) is 10.2 Å². The second kappa shape index (κ2) is 6.13. The van der Waals surface area contributed by atoms with Gasteiger partial charge in [-0.05, 0) is 23.6 Å². The third-order valence-corrected chi connectivity index (χ3v) is 3.78. The topological polar surface area (TPSA) is 119 Å². The Balaban J connectivity index is 2.06. The highest BCUT2D eigenvalue weighted by molar-refractivity contribution is 6.07. The zero-order valence-corrected chi connectivity index (χ0v) is 12.4. The molecule has 0 fully saturated rings. The summed E-state index contributed by atoms with van der Waals surface area (Å²) in [7, 11) is 0. The molecule has 0 unspecified atom stereocenters. The van der Waals surface area contributed by atoms with Crippen molar-refractivity contribution in [2.45, 2.75) is 6.04 Å². The number of H-pyrrole nitrogens is 1. The lowest BCUT2D eigenvalue weighted by atomic mass is 10.0. The summed E-state index contributed by atoms with van der Waals surface area (Å²) < 4.78 is 0. The summed E-state index contributed by atoms with van der Waals surface area (Å²) in [5, 5.41) is 22.2. The van der Waals surface area contributed by atoms with Crippen LogP contribution < -0.4 is 10.9 Å². The Morgan fingerprint density at radius 1 is 1.08 bits per heavy atom. The van der Waals surface area contributed by atoms with Crippen molar-refractivity contribution < 1.29 is 19.8 Å². The molecule has 122 valence electrons. The van der Waals surface area contributed by atoms with Gasteiger partial charge >= 0.3 is 5.97 Å². The van der Waals surface area contributed by atoms with Gasteiger partial charge in [-0.15, -0.1) is 0 Å². The molecule has 0 bridgehead atoms. The van der Waals surface area contributed by atoms with Gasteiger partial charge in [0, 0.05) is 21.9 Å². The molecular formula is C17H14N2O5. The predicted octanol–water partition coefficient (Wildman–Crippen LogP) is 0.857. The lowest BCUT2D eigenvalue weighted by Crippen LogP contribution is -2.43. The molecule has 0 aliphatic heterocycles. The Bertz CT molecular complexity index is 1010. The molecular weight excluding hydrogens is 312 g/mol. The van der Waals surface area contributed by atoms with Gasteiger partial charge < -0.3 is 20.5 Å². The van der Waals surface area contributed by atoms with E-state index < -0.39 is 24.5 Å². The summed E-state index contributed by atoms with van der Waals surface area (Å²) in [5.74, 6) is -1.97. The lowest BCUT2D eigenvalue weighted by Gasteiger charge is -2.12.